The van der Waals surface area contributed by atoms with Crippen molar-refractivity contribution in [3.8, 4) is 0 Å². The van der Waals surface area contributed by atoms with E-state index in [-0.39, 0.29) is 5.69 Å². The Bertz CT molecular complexity index is 645. The highest BCUT2D eigenvalue weighted by molar-refractivity contribution is 7.15. The average Bonchev–Trinajstić information content (AvgIpc) is 2.80. The van der Waals surface area contributed by atoms with E-state index in [4.69, 9.17) is 0 Å². The van der Waals surface area contributed by atoms with Gasteiger partial charge >= 0.3 is 0 Å². The lowest BCUT2D eigenvalue weighted by Crippen LogP contribution is -2.15. The minimum absolute atomic E-state index is 0.191. The Morgan fingerprint density at radius 2 is 2.20 bits per heavy atom. The van der Waals surface area contributed by atoms with Crippen molar-refractivity contribution in [2.75, 3.05) is 5.32 Å². The van der Waals surface area contributed by atoms with E-state index in [0.717, 1.165) is 31.4 Å². The molecule has 0 aromatic carbocycles. The number of fused-ring (bicyclic) bond motifs is 1. The second kappa shape index (κ2) is 5.28. The predicted molar refractivity (Wildman–Crippen MR) is 75.6 cm³/mol. The summed E-state index contributed by atoms with van der Waals surface area (Å²) < 4.78 is 13.7. The van der Waals surface area contributed by atoms with Gasteiger partial charge in [-0.1, -0.05) is 0 Å². The molecule has 1 N–H and O–H groups in total. The number of hydrogen-bond donors (Lipinski definition) is 1. The molecular formula is C14H14FN3OS. The van der Waals surface area contributed by atoms with E-state index < -0.39 is 11.7 Å². The first-order chi connectivity index (χ1) is 9.63. The van der Waals surface area contributed by atoms with Gasteiger partial charge in [0.15, 0.2) is 16.6 Å². The highest BCUT2D eigenvalue weighted by atomic mass is 32.1. The Balaban J connectivity index is 1.80. The van der Waals surface area contributed by atoms with Crippen LogP contribution in [0.5, 0.6) is 0 Å². The van der Waals surface area contributed by atoms with Crippen LogP contribution in [-0.2, 0) is 12.8 Å². The second-order valence-electron chi connectivity index (χ2n) is 4.89. The van der Waals surface area contributed by atoms with Crippen LogP contribution >= 0.6 is 11.3 Å². The summed E-state index contributed by atoms with van der Waals surface area (Å²) >= 11 is 1.47. The second-order valence-corrected chi connectivity index (χ2v) is 5.98. The molecule has 3 rings (SSSR count). The fourth-order valence-electron chi connectivity index (χ4n) is 2.26. The van der Waals surface area contributed by atoms with Crippen LogP contribution in [0.25, 0.3) is 0 Å². The lowest BCUT2D eigenvalue weighted by Gasteiger charge is -2.06. The van der Waals surface area contributed by atoms with Crippen LogP contribution < -0.4 is 5.32 Å². The van der Waals surface area contributed by atoms with Crippen molar-refractivity contribution in [1.29, 1.82) is 0 Å². The molecule has 6 heteroatoms. The molecule has 0 unspecified atom stereocenters. The minimum atomic E-state index is -0.608. The SMILES string of the molecule is Cc1cnc(C(=O)Nc2nc3c(s2)CCCC3)c(F)c1. The maximum absolute atomic E-state index is 13.7. The van der Waals surface area contributed by atoms with E-state index in [1.807, 2.05) is 0 Å². The Morgan fingerprint density at radius 3 is 2.95 bits per heavy atom. The number of thiazole rings is 1. The van der Waals surface area contributed by atoms with Gasteiger partial charge in [-0.05, 0) is 44.2 Å². The fourth-order valence-corrected chi connectivity index (χ4v) is 3.31. The lowest BCUT2D eigenvalue weighted by molar-refractivity contribution is 0.101. The molecule has 0 saturated carbocycles. The van der Waals surface area contributed by atoms with Crippen molar-refractivity contribution in [2.45, 2.75) is 32.6 Å². The summed E-state index contributed by atoms with van der Waals surface area (Å²) in [6, 6.07) is 1.30. The third kappa shape index (κ3) is 2.56. The maximum atomic E-state index is 13.7. The molecular weight excluding hydrogens is 277 g/mol. The number of nitrogens with zero attached hydrogens (tertiary/aromatic N) is 2. The first-order valence-electron chi connectivity index (χ1n) is 6.55. The number of pyridine rings is 1. The van der Waals surface area contributed by atoms with Gasteiger partial charge in [0.25, 0.3) is 5.91 Å². The number of rotatable bonds is 2. The van der Waals surface area contributed by atoms with Gasteiger partial charge in [-0.25, -0.2) is 14.4 Å². The van der Waals surface area contributed by atoms with Gasteiger partial charge in [-0.3, -0.25) is 10.1 Å². The van der Waals surface area contributed by atoms with Crippen molar-refractivity contribution in [2.24, 2.45) is 0 Å². The molecule has 104 valence electrons. The molecule has 2 aromatic rings. The number of hydrogen-bond acceptors (Lipinski definition) is 4. The normalized spacial score (nSPS) is 13.9. The Labute approximate surface area is 120 Å². The Kier molecular flexibility index (Phi) is 3.48. The largest absolute Gasteiger partial charge is 0.296 e. The van der Waals surface area contributed by atoms with E-state index in [2.05, 4.69) is 15.3 Å². The summed E-state index contributed by atoms with van der Waals surface area (Å²) in [6.07, 6.45) is 5.75. The molecule has 0 atom stereocenters. The standard InChI is InChI=1S/C14H14FN3OS/c1-8-6-9(15)12(16-7-8)13(19)18-14-17-10-4-2-3-5-11(10)20-14/h6-7H,2-5H2,1H3,(H,17,18,19). The third-order valence-electron chi connectivity index (χ3n) is 3.26. The van der Waals surface area contributed by atoms with E-state index in [0.29, 0.717) is 10.7 Å². The minimum Gasteiger partial charge on any atom is -0.296 e. The van der Waals surface area contributed by atoms with Gasteiger partial charge in [-0.15, -0.1) is 11.3 Å². The highest BCUT2D eigenvalue weighted by Crippen LogP contribution is 2.29. The zero-order valence-corrected chi connectivity index (χ0v) is 11.9. The van der Waals surface area contributed by atoms with Gasteiger partial charge in [0.05, 0.1) is 5.69 Å². The summed E-state index contributed by atoms with van der Waals surface area (Å²) in [7, 11) is 0. The fraction of sp³-hybridized carbons (Fsp3) is 0.357. The number of aryl methyl sites for hydroxylation is 3. The molecule has 1 aliphatic carbocycles. The summed E-state index contributed by atoms with van der Waals surface area (Å²) in [5, 5.41) is 3.17. The van der Waals surface area contributed by atoms with Crippen molar-refractivity contribution in [3.63, 3.8) is 0 Å². The molecule has 0 spiro atoms. The quantitative estimate of drug-likeness (QED) is 0.925. The summed E-state index contributed by atoms with van der Waals surface area (Å²) in [5.74, 6) is -1.16. The average molecular weight is 291 g/mol. The third-order valence-corrected chi connectivity index (χ3v) is 4.33. The van der Waals surface area contributed by atoms with Crippen molar-refractivity contribution in [1.82, 2.24) is 9.97 Å². The van der Waals surface area contributed by atoms with Crippen LogP contribution in [0.4, 0.5) is 9.52 Å². The summed E-state index contributed by atoms with van der Waals surface area (Å²) in [5.41, 5.74) is 1.56. The van der Waals surface area contributed by atoms with Crippen LogP contribution in [0, 0.1) is 12.7 Å². The first kappa shape index (κ1) is 13.2. The topological polar surface area (TPSA) is 54.9 Å². The Morgan fingerprint density at radius 1 is 1.40 bits per heavy atom. The molecule has 0 bridgehead atoms. The van der Waals surface area contributed by atoms with Crippen molar-refractivity contribution >= 4 is 22.4 Å². The van der Waals surface area contributed by atoms with Crippen LogP contribution in [0.3, 0.4) is 0 Å². The van der Waals surface area contributed by atoms with Gasteiger partial charge in [0.1, 0.15) is 0 Å². The summed E-state index contributed by atoms with van der Waals surface area (Å²) in [4.78, 5) is 21.5. The summed E-state index contributed by atoms with van der Waals surface area (Å²) in [6.45, 7) is 1.73. The van der Waals surface area contributed by atoms with Gasteiger partial charge in [0.2, 0.25) is 0 Å². The Hall–Kier alpha value is -1.82. The smallest absolute Gasteiger partial charge is 0.279 e. The number of aromatic nitrogens is 2. The van der Waals surface area contributed by atoms with E-state index in [9.17, 15) is 9.18 Å². The van der Waals surface area contributed by atoms with Gasteiger partial charge < -0.3 is 0 Å². The first-order valence-corrected chi connectivity index (χ1v) is 7.37. The molecule has 2 heterocycles. The molecule has 1 aliphatic rings. The molecule has 0 saturated heterocycles. The number of halogens is 1. The van der Waals surface area contributed by atoms with Crippen molar-refractivity contribution < 1.29 is 9.18 Å². The zero-order chi connectivity index (χ0) is 14.1. The van der Waals surface area contributed by atoms with Gasteiger partial charge in [-0.2, -0.15) is 0 Å². The zero-order valence-electron chi connectivity index (χ0n) is 11.1. The van der Waals surface area contributed by atoms with E-state index in [1.165, 1.54) is 28.5 Å². The molecule has 0 radical (unpaired) electrons. The predicted octanol–water partition coefficient (Wildman–Crippen LogP) is 3.12. The van der Waals surface area contributed by atoms with Crippen molar-refractivity contribution in [3.05, 3.63) is 39.9 Å². The number of carbonyl (C=O) groups excluding carboxylic acids is 1. The molecule has 0 aliphatic heterocycles. The lowest BCUT2D eigenvalue weighted by atomic mass is 10.0. The van der Waals surface area contributed by atoms with Gasteiger partial charge in [0, 0.05) is 11.1 Å². The molecule has 1 amide bonds. The highest BCUT2D eigenvalue weighted by Gasteiger charge is 2.19. The molecule has 4 nitrogen and oxygen atoms in total. The van der Waals surface area contributed by atoms with E-state index in [1.54, 1.807) is 6.92 Å². The van der Waals surface area contributed by atoms with Crippen LogP contribution in [0.1, 0.15) is 39.5 Å². The number of anilines is 1. The molecule has 2 aromatic heterocycles. The molecule has 20 heavy (non-hydrogen) atoms. The van der Waals surface area contributed by atoms with Crippen LogP contribution in [0.2, 0.25) is 0 Å². The van der Waals surface area contributed by atoms with Crippen LogP contribution in [0.15, 0.2) is 12.3 Å². The van der Waals surface area contributed by atoms with Crippen LogP contribution in [-0.4, -0.2) is 15.9 Å². The number of amides is 1. The monoisotopic (exact) mass is 291 g/mol. The number of carbonyl (C=O) groups is 1. The maximum Gasteiger partial charge on any atom is 0.279 e. The number of nitrogens with one attached hydrogen (secondary N) is 1. The molecule has 0 fully saturated rings. The van der Waals surface area contributed by atoms with E-state index >= 15 is 0 Å².